The number of rotatable bonds is 4. The number of aromatic nitrogens is 2. The van der Waals surface area contributed by atoms with Gasteiger partial charge in [-0.1, -0.05) is 11.6 Å². The highest BCUT2D eigenvalue weighted by atomic mass is 35.5. The molecular formula is C13H13ClN4O3. The summed E-state index contributed by atoms with van der Waals surface area (Å²) in [4.78, 5) is 22.6. The normalized spacial score (nSPS) is 10.2. The molecule has 0 fully saturated rings. The van der Waals surface area contributed by atoms with Gasteiger partial charge in [0.15, 0.2) is 0 Å². The Bertz CT molecular complexity index is 684. The van der Waals surface area contributed by atoms with Gasteiger partial charge in [-0.2, -0.15) is 5.10 Å². The Labute approximate surface area is 125 Å². The van der Waals surface area contributed by atoms with Crippen molar-refractivity contribution in [3.63, 3.8) is 0 Å². The number of urea groups is 1. The van der Waals surface area contributed by atoms with E-state index in [1.54, 1.807) is 10.9 Å². The van der Waals surface area contributed by atoms with Gasteiger partial charge >= 0.3 is 12.0 Å². The number of anilines is 2. The van der Waals surface area contributed by atoms with Crippen LogP contribution in [0.1, 0.15) is 17.3 Å². The molecule has 0 aliphatic heterocycles. The molecule has 7 nitrogen and oxygen atoms in total. The molecule has 0 aliphatic carbocycles. The van der Waals surface area contributed by atoms with Crippen molar-refractivity contribution in [3.05, 3.63) is 41.2 Å². The van der Waals surface area contributed by atoms with E-state index in [0.29, 0.717) is 17.9 Å². The molecule has 21 heavy (non-hydrogen) atoms. The van der Waals surface area contributed by atoms with Gasteiger partial charge in [-0.3, -0.25) is 4.68 Å². The number of nitrogens with zero attached hydrogens (tertiary/aromatic N) is 2. The summed E-state index contributed by atoms with van der Waals surface area (Å²) in [5.74, 6) is -1.12. The van der Waals surface area contributed by atoms with E-state index < -0.39 is 12.0 Å². The van der Waals surface area contributed by atoms with Crippen LogP contribution in [0, 0.1) is 0 Å². The van der Waals surface area contributed by atoms with Crippen molar-refractivity contribution in [2.45, 2.75) is 13.5 Å². The Morgan fingerprint density at radius 3 is 2.62 bits per heavy atom. The molecule has 0 radical (unpaired) electrons. The highest BCUT2D eigenvalue weighted by Gasteiger charge is 2.10. The number of carboxylic acid groups (broad SMARTS) is 1. The molecule has 1 aromatic carbocycles. The Hall–Kier alpha value is -2.54. The van der Waals surface area contributed by atoms with Crippen LogP contribution in [0.3, 0.4) is 0 Å². The van der Waals surface area contributed by atoms with Crippen LogP contribution in [-0.2, 0) is 6.54 Å². The van der Waals surface area contributed by atoms with E-state index in [1.165, 1.54) is 24.4 Å². The van der Waals surface area contributed by atoms with Crippen LogP contribution >= 0.6 is 11.6 Å². The standard InChI is InChI=1S/C13H13ClN4O3/c1-2-18-7-9(6-15-18)17-13(21)16-8-3-4-10(12(19)20)11(14)5-8/h3-7H,2H2,1H3,(H,19,20)(H2,16,17,21). The van der Waals surface area contributed by atoms with Crippen molar-refractivity contribution >= 4 is 35.0 Å². The highest BCUT2D eigenvalue weighted by molar-refractivity contribution is 6.33. The first-order chi connectivity index (χ1) is 9.99. The van der Waals surface area contributed by atoms with E-state index in [1.807, 2.05) is 6.92 Å². The third kappa shape index (κ3) is 3.73. The summed E-state index contributed by atoms with van der Waals surface area (Å²) in [5.41, 5.74) is 0.930. The van der Waals surface area contributed by atoms with Crippen molar-refractivity contribution in [2.24, 2.45) is 0 Å². The predicted molar refractivity (Wildman–Crippen MR) is 79.0 cm³/mol. The fourth-order valence-electron chi connectivity index (χ4n) is 1.66. The number of halogens is 1. The largest absolute Gasteiger partial charge is 0.478 e. The first-order valence-corrected chi connectivity index (χ1v) is 6.50. The zero-order valence-electron chi connectivity index (χ0n) is 11.1. The molecule has 1 heterocycles. The third-order valence-corrected chi connectivity index (χ3v) is 2.99. The van der Waals surface area contributed by atoms with Crippen LogP contribution in [0.25, 0.3) is 0 Å². The Morgan fingerprint density at radius 2 is 2.05 bits per heavy atom. The molecule has 0 atom stereocenters. The number of carbonyl (C=O) groups is 2. The maximum absolute atomic E-state index is 11.8. The maximum Gasteiger partial charge on any atom is 0.337 e. The number of amides is 2. The number of carbonyl (C=O) groups excluding carboxylic acids is 1. The molecule has 0 bridgehead atoms. The molecule has 1 aromatic heterocycles. The molecular weight excluding hydrogens is 296 g/mol. The molecule has 0 spiro atoms. The van der Waals surface area contributed by atoms with E-state index in [4.69, 9.17) is 16.7 Å². The predicted octanol–water partition coefficient (Wildman–Crippen LogP) is 2.90. The van der Waals surface area contributed by atoms with E-state index in [0.717, 1.165) is 0 Å². The zero-order valence-corrected chi connectivity index (χ0v) is 11.9. The monoisotopic (exact) mass is 308 g/mol. The number of aryl methyl sites for hydroxylation is 1. The average molecular weight is 309 g/mol. The number of carboxylic acids is 1. The molecule has 0 aliphatic rings. The third-order valence-electron chi connectivity index (χ3n) is 2.67. The lowest BCUT2D eigenvalue weighted by molar-refractivity contribution is 0.0697. The van der Waals surface area contributed by atoms with Crippen LogP contribution in [-0.4, -0.2) is 26.9 Å². The molecule has 2 aromatic rings. The molecule has 0 saturated heterocycles. The number of benzene rings is 1. The summed E-state index contributed by atoms with van der Waals surface area (Å²) < 4.78 is 1.67. The summed E-state index contributed by atoms with van der Waals surface area (Å²) in [6, 6.07) is 3.70. The van der Waals surface area contributed by atoms with Crippen LogP contribution < -0.4 is 10.6 Å². The van der Waals surface area contributed by atoms with E-state index >= 15 is 0 Å². The fourth-order valence-corrected chi connectivity index (χ4v) is 1.92. The van der Waals surface area contributed by atoms with Gasteiger partial charge in [-0.05, 0) is 25.1 Å². The van der Waals surface area contributed by atoms with Crippen molar-refractivity contribution in [3.8, 4) is 0 Å². The maximum atomic E-state index is 11.8. The van der Waals surface area contributed by atoms with Gasteiger partial charge in [0.25, 0.3) is 0 Å². The smallest absolute Gasteiger partial charge is 0.337 e. The van der Waals surface area contributed by atoms with Gasteiger partial charge in [-0.15, -0.1) is 0 Å². The SMILES string of the molecule is CCn1cc(NC(=O)Nc2ccc(C(=O)O)c(Cl)c2)cn1. The average Bonchev–Trinajstić information content (AvgIpc) is 2.85. The van der Waals surface area contributed by atoms with Gasteiger partial charge in [0.05, 0.1) is 22.5 Å². The molecule has 8 heteroatoms. The Kier molecular flexibility index (Phi) is 4.44. The van der Waals surface area contributed by atoms with E-state index in [-0.39, 0.29) is 10.6 Å². The summed E-state index contributed by atoms with van der Waals surface area (Å²) in [6.45, 7) is 2.64. The van der Waals surface area contributed by atoms with Crippen LogP contribution in [0.4, 0.5) is 16.2 Å². The minimum Gasteiger partial charge on any atom is -0.478 e. The number of hydrogen-bond donors (Lipinski definition) is 3. The van der Waals surface area contributed by atoms with Crippen molar-refractivity contribution < 1.29 is 14.7 Å². The lowest BCUT2D eigenvalue weighted by Gasteiger charge is -2.07. The summed E-state index contributed by atoms with van der Waals surface area (Å²) in [5, 5.41) is 18.1. The van der Waals surface area contributed by atoms with Crippen LogP contribution in [0.2, 0.25) is 5.02 Å². The van der Waals surface area contributed by atoms with Crippen molar-refractivity contribution in [2.75, 3.05) is 10.6 Å². The fraction of sp³-hybridized carbons (Fsp3) is 0.154. The van der Waals surface area contributed by atoms with Gasteiger partial charge in [0, 0.05) is 18.4 Å². The molecule has 110 valence electrons. The number of nitrogens with one attached hydrogen (secondary N) is 2. The summed E-state index contributed by atoms with van der Waals surface area (Å²) >= 11 is 5.82. The first-order valence-electron chi connectivity index (χ1n) is 6.13. The second-order valence-corrected chi connectivity index (χ2v) is 4.57. The van der Waals surface area contributed by atoms with Gasteiger partial charge in [0.1, 0.15) is 0 Å². The van der Waals surface area contributed by atoms with E-state index in [2.05, 4.69) is 15.7 Å². The summed E-state index contributed by atoms with van der Waals surface area (Å²) in [7, 11) is 0. The molecule has 3 N–H and O–H groups in total. The van der Waals surface area contributed by atoms with Crippen molar-refractivity contribution in [1.29, 1.82) is 0 Å². The molecule has 0 unspecified atom stereocenters. The Morgan fingerprint density at radius 1 is 1.33 bits per heavy atom. The minimum absolute atomic E-state index is 0.0214. The molecule has 2 rings (SSSR count). The number of hydrogen-bond acceptors (Lipinski definition) is 3. The van der Waals surface area contributed by atoms with Crippen LogP contribution in [0.5, 0.6) is 0 Å². The van der Waals surface area contributed by atoms with E-state index in [9.17, 15) is 9.59 Å². The first kappa shape index (κ1) is 14.9. The Balaban J connectivity index is 2.02. The summed E-state index contributed by atoms with van der Waals surface area (Å²) in [6.07, 6.45) is 3.23. The van der Waals surface area contributed by atoms with Gasteiger partial charge in [-0.25, -0.2) is 9.59 Å². The second kappa shape index (κ2) is 6.27. The van der Waals surface area contributed by atoms with Crippen molar-refractivity contribution in [1.82, 2.24) is 9.78 Å². The number of aromatic carboxylic acids is 1. The quantitative estimate of drug-likeness (QED) is 0.809. The minimum atomic E-state index is -1.12. The lowest BCUT2D eigenvalue weighted by atomic mass is 10.2. The van der Waals surface area contributed by atoms with Crippen LogP contribution in [0.15, 0.2) is 30.6 Å². The highest BCUT2D eigenvalue weighted by Crippen LogP contribution is 2.21. The topological polar surface area (TPSA) is 96.2 Å². The lowest BCUT2D eigenvalue weighted by Crippen LogP contribution is -2.19. The van der Waals surface area contributed by atoms with Gasteiger partial charge in [0.2, 0.25) is 0 Å². The second-order valence-electron chi connectivity index (χ2n) is 4.16. The van der Waals surface area contributed by atoms with Gasteiger partial charge < -0.3 is 15.7 Å². The molecule has 0 saturated carbocycles. The zero-order chi connectivity index (χ0) is 15.4. The molecule has 2 amide bonds.